The van der Waals surface area contributed by atoms with E-state index in [0.29, 0.717) is 11.4 Å². The van der Waals surface area contributed by atoms with Gasteiger partial charge in [-0.2, -0.15) is 13.2 Å². The van der Waals surface area contributed by atoms with Crippen LogP contribution in [0.3, 0.4) is 0 Å². The highest BCUT2D eigenvalue weighted by atomic mass is 19.4. The predicted octanol–water partition coefficient (Wildman–Crippen LogP) is 4.78. The van der Waals surface area contributed by atoms with E-state index >= 15 is 0 Å². The molecule has 116 valence electrons. The molecule has 5 heteroatoms. The normalized spacial score (nSPS) is 17.9. The number of nitrogen functional groups attached to an aromatic ring is 1. The lowest BCUT2D eigenvalue weighted by Gasteiger charge is -2.27. The molecule has 0 radical (unpaired) electrons. The molecule has 2 nitrogen and oxygen atoms in total. The van der Waals surface area contributed by atoms with E-state index in [1.165, 1.54) is 17.7 Å². The van der Waals surface area contributed by atoms with E-state index in [1.54, 1.807) is 0 Å². The van der Waals surface area contributed by atoms with Crippen LogP contribution in [-0.2, 0) is 12.6 Å². The first-order chi connectivity index (χ1) is 10.4. The van der Waals surface area contributed by atoms with Crippen molar-refractivity contribution in [2.24, 2.45) is 0 Å². The number of fused-ring (bicyclic) bond motifs is 1. The highest BCUT2D eigenvalue weighted by Crippen LogP contribution is 2.35. The topological polar surface area (TPSA) is 38.0 Å². The maximum absolute atomic E-state index is 12.6. The largest absolute Gasteiger partial charge is 0.416 e. The van der Waals surface area contributed by atoms with E-state index < -0.39 is 11.7 Å². The molecule has 22 heavy (non-hydrogen) atoms. The molecule has 1 atom stereocenters. The van der Waals surface area contributed by atoms with Crippen molar-refractivity contribution in [2.75, 3.05) is 11.1 Å². The molecule has 0 saturated heterocycles. The van der Waals surface area contributed by atoms with Gasteiger partial charge in [0.1, 0.15) is 0 Å². The Labute approximate surface area is 127 Å². The predicted molar refractivity (Wildman–Crippen MR) is 81.6 cm³/mol. The van der Waals surface area contributed by atoms with E-state index in [4.69, 9.17) is 5.73 Å². The average Bonchev–Trinajstić information content (AvgIpc) is 2.47. The first-order valence-corrected chi connectivity index (χ1v) is 7.25. The summed E-state index contributed by atoms with van der Waals surface area (Å²) < 4.78 is 37.8. The number of nitrogens with one attached hydrogen (secondary N) is 1. The fourth-order valence-electron chi connectivity index (χ4n) is 2.92. The molecule has 0 spiro atoms. The van der Waals surface area contributed by atoms with E-state index in [0.717, 1.165) is 37.0 Å². The molecule has 3 N–H and O–H groups in total. The van der Waals surface area contributed by atoms with Gasteiger partial charge in [0.15, 0.2) is 0 Å². The Hall–Kier alpha value is -2.17. The van der Waals surface area contributed by atoms with Gasteiger partial charge < -0.3 is 11.1 Å². The molecule has 0 amide bonds. The van der Waals surface area contributed by atoms with Gasteiger partial charge in [-0.1, -0.05) is 6.07 Å². The monoisotopic (exact) mass is 306 g/mol. The highest BCUT2D eigenvalue weighted by Gasteiger charge is 2.30. The quantitative estimate of drug-likeness (QED) is 0.784. The van der Waals surface area contributed by atoms with Gasteiger partial charge >= 0.3 is 6.18 Å². The fourth-order valence-corrected chi connectivity index (χ4v) is 2.92. The van der Waals surface area contributed by atoms with Crippen LogP contribution in [0.4, 0.5) is 24.5 Å². The number of nitrogens with two attached hydrogens (primary N) is 1. The zero-order chi connectivity index (χ0) is 15.7. The smallest absolute Gasteiger partial charge is 0.399 e. The molecule has 3 rings (SSSR count). The molecule has 2 aromatic carbocycles. The Kier molecular flexibility index (Phi) is 3.72. The van der Waals surface area contributed by atoms with Gasteiger partial charge in [0.2, 0.25) is 0 Å². The highest BCUT2D eigenvalue weighted by molar-refractivity contribution is 5.52. The van der Waals surface area contributed by atoms with Gasteiger partial charge in [-0.15, -0.1) is 0 Å². The number of aryl methyl sites for hydroxylation is 1. The Morgan fingerprint density at radius 3 is 2.45 bits per heavy atom. The minimum Gasteiger partial charge on any atom is -0.399 e. The molecule has 0 heterocycles. The summed E-state index contributed by atoms with van der Waals surface area (Å²) in [6.45, 7) is 0. The molecule has 2 aromatic rings. The lowest BCUT2D eigenvalue weighted by atomic mass is 9.87. The summed E-state index contributed by atoms with van der Waals surface area (Å²) in [5.41, 5.74) is 9.01. The molecule has 1 unspecified atom stereocenters. The molecular weight excluding hydrogens is 289 g/mol. The number of benzene rings is 2. The number of halogens is 3. The summed E-state index contributed by atoms with van der Waals surface area (Å²) >= 11 is 0. The molecule has 0 fully saturated rings. The third kappa shape index (κ3) is 3.03. The van der Waals surface area contributed by atoms with Crippen molar-refractivity contribution in [1.82, 2.24) is 0 Å². The second kappa shape index (κ2) is 5.55. The summed E-state index contributed by atoms with van der Waals surface area (Å²) in [7, 11) is 0. The average molecular weight is 306 g/mol. The van der Waals surface area contributed by atoms with Crippen LogP contribution in [-0.4, -0.2) is 0 Å². The van der Waals surface area contributed by atoms with Gasteiger partial charge in [0.25, 0.3) is 0 Å². The lowest BCUT2D eigenvalue weighted by molar-refractivity contribution is -0.137. The van der Waals surface area contributed by atoms with E-state index in [-0.39, 0.29) is 6.04 Å². The van der Waals surface area contributed by atoms with Gasteiger partial charge in [0, 0.05) is 11.4 Å². The second-order valence-electron chi connectivity index (χ2n) is 5.62. The Morgan fingerprint density at radius 2 is 1.77 bits per heavy atom. The maximum atomic E-state index is 12.6. The first kappa shape index (κ1) is 14.8. The standard InChI is InChI=1S/C17H17F3N2/c18-17(19,20)12-5-8-14(9-6-12)22-16-3-1-2-11-4-7-13(21)10-15(11)16/h4-10,16,22H,1-3,21H2. The maximum Gasteiger partial charge on any atom is 0.416 e. The molecule has 0 bridgehead atoms. The van der Waals surface area contributed by atoms with E-state index in [1.807, 2.05) is 18.2 Å². The summed E-state index contributed by atoms with van der Waals surface area (Å²) in [6.07, 6.45) is -1.29. The zero-order valence-corrected chi connectivity index (χ0v) is 12.0. The van der Waals surface area contributed by atoms with Crippen molar-refractivity contribution in [3.8, 4) is 0 Å². The zero-order valence-electron chi connectivity index (χ0n) is 12.0. The van der Waals surface area contributed by atoms with Crippen LogP contribution in [0.25, 0.3) is 0 Å². The van der Waals surface area contributed by atoms with Crippen LogP contribution in [0.1, 0.15) is 35.6 Å². The molecule has 1 aliphatic carbocycles. The minimum absolute atomic E-state index is 0.0870. The summed E-state index contributed by atoms with van der Waals surface area (Å²) in [5, 5.41) is 3.32. The van der Waals surface area contributed by atoms with Gasteiger partial charge in [0.05, 0.1) is 11.6 Å². The summed E-state index contributed by atoms with van der Waals surface area (Å²) in [4.78, 5) is 0. The van der Waals surface area contributed by atoms with E-state index in [9.17, 15) is 13.2 Å². The third-order valence-corrected chi connectivity index (χ3v) is 4.04. The van der Waals surface area contributed by atoms with Crippen LogP contribution >= 0.6 is 0 Å². The van der Waals surface area contributed by atoms with Crippen LogP contribution in [0.2, 0.25) is 0 Å². The molecule has 0 aliphatic heterocycles. The second-order valence-corrected chi connectivity index (χ2v) is 5.62. The molecule has 0 saturated carbocycles. The van der Waals surface area contributed by atoms with Crippen molar-refractivity contribution in [1.29, 1.82) is 0 Å². The summed E-state index contributed by atoms with van der Waals surface area (Å²) in [5.74, 6) is 0. The third-order valence-electron chi connectivity index (χ3n) is 4.04. The lowest BCUT2D eigenvalue weighted by Crippen LogP contribution is -2.17. The van der Waals surface area contributed by atoms with Crippen LogP contribution < -0.4 is 11.1 Å². The van der Waals surface area contributed by atoms with Crippen molar-refractivity contribution in [3.63, 3.8) is 0 Å². The summed E-state index contributed by atoms with van der Waals surface area (Å²) in [6, 6.07) is 11.1. The number of hydrogen-bond donors (Lipinski definition) is 2. The fraction of sp³-hybridized carbons (Fsp3) is 0.294. The van der Waals surface area contributed by atoms with Crippen molar-refractivity contribution in [3.05, 3.63) is 59.2 Å². The minimum atomic E-state index is -4.30. The van der Waals surface area contributed by atoms with Gasteiger partial charge in [-0.25, -0.2) is 0 Å². The van der Waals surface area contributed by atoms with Gasteiger partial charge in [-0.05, 0) is 66.8 Å². The number of hydrogen-bond acceptors (Lipinski definition) is 2. The Bertz CT molecular complexity index is 663. The van der Waals surface area contributed by atoms with Crippen LogP contribution in [0.5, 0.6) is 0 Å². The SMILES string of the molecule is Nc1ccc2c(c1)C(Nc1ccc(C(F)(F)F)cc1)CCC2. The molecule has 1 aliphatic rings. The van der Waals surface area contributed by atoms with E-state index in [2.05, 4.69) is 5.32 Å². The van der Waals surface area contributed by atoms with Crippen LogP contribution in [0.15, 0.2) is 42.5 Å². The van der Waals surface area contributed by atoms with Crippen molar-refractivity contribution in [2.45, 2.75) is 31.5 Å². The number of alkyl halides is 3. The van der Waals surface area contributed by atoms with Crippen molar-refractivity contribution >= 4 is 11.4 Å². The first-order valence-electron chi connectivity index (χ1n) is 7.25. The van der Waals surface area contributed by atoms with Crippen molar-refractivity contribution < 1.29 is 13.2 Å². The van der Waals surface area contributed by atoms with Crippen LogP contribution in [0, 0.1) is 0 Å². The number of anilines is 2. The van der Waals surface area contributed by atoms with Gasteiger partial charge in [-0.3, -0.25) is 0 Å². The Balaban J connectivity index is 1.81. The molecular formula is C17H17F3N2. The Morgan fingerprint density at radius 1 is 1.05 bits per heavy atom. The molecule has 0 aromatic heterocycles. The number of rotatable bonds is 2.